The maximum Gasteiger partial charge on any atom is 0.307 e. The van der Waals surface area contributed by atoms with Gasteiger partial charge in [0.2, 0.25) is 5.91 Å². The van der Waals surface area contributed by atoms with Crippen molar-refractivity contribution >= 4 is 17.7 Å². The summed E-state index contributed by atoms with van der Waals surface area (Å²) >= 11 is 0. The van der Waals surface area contributed by atoms with Crippen LogP contribution in [0.3, 0.4) is 0 Å². The molecule has 1 rings (SSSR count). The minimum atomic E-state index is -0.385. The zero-order valence-electron chi connectivity index (χ0n) is 14.3. The lowest BCUT2D eigenvalue weighted by Gasteiger charge is -2.21. The predicted octanol–water partition coefficient (Wildman–Crippen LogP) is 1.73. The molecule has 0 saturated heterocycles. The second kappa shape index (κ2) is 10.5. The van der Waals surface area contributed by atoms with Crippen molar-refractivity contribution in [2.24, 2.45) is 0 Å². The molecule has 0 saturated carbocycles. The molecule has 0 fully saturated rings. The van der Waals surface area contributed by atoms with Crippen molar-refractivity contribution < 1.29 is 24.2 Å². The number of aryl methyl sites for hydroxylation is 1. The normalized spacial score (nSPS) is 10.3. The number of rotatable bonds is 10. The van der Waals surface area contributed by atoms with Crippen LogP contribution in [0.4, 0.5) is 0 Å². The second-order valence-electron chi connectivity index (χ2n) is 5.45. The Morgan fingerprint density at radius 3 is 2.29 bits per heavy atom. The highest BCUT2D eigenvalue weighted by atomic mass is 16.5. The lowest BCUT2D eigenvalue weighted by atomic mass is 10.0. The number of nitrogens with zero attached hydrogens (tertiary/aromatic N) is 1. The van der Waals surface area contributed by atoms with Crippen LogP contribution in [-0.4, -0.2) is 54.0 Å². The summed E-state index contributed by atoms with van der Waals surface area (Å²) in [4.78, 5) is 37.1. The molecule has 0 radical (unpaired) electrons. The van der Waals surface area contributed by atoms with E-state index in [1.54, 1.807) is 19.1 Å². The fraction of sp³-hybridized carbons (Fsp3) is 0.500. The minimum absolute atomic E-state index is 0.0511. The molecule has 24 heavy (non-hydrogen) atoms. The van der Waals surface area contributed by atoms with Gasteiger partial charge in [0.15, 0.2) is 5.78 Å². The van der Waals surface area contributed by atoms with Crippen LogP contribution in [0, 0.1) is 6.92 Å². The first-order valence-electron chi connectivity index (χ1n) is 8.12. The van der Waals surface area contributed by atoms with Crippen molar-refractivity contribution in [2.75, 3.05) is 26.3 Å². The van der Waals surface area contributed by atoms with Gasteiger partial charge >= 0.3 is 5.97 Å². The third-order valence-corrected chi connectivity index (χ3v) is 3.55. The Morgan fingerprint density at radius 2 is 1.71 bits per heavy atom. The number of carbonyl (C=O) groups is 3. The fourth-order valence-corrected chi connectivity index (χ4v) is 2.20. The van der Waals surface area contributed by atoms with Crippen LogP contribution in [0.15, 0.2) is 24.3 Å². The number of aliphatic hydroxyl groups excluding tert-OH is 1. The zero-order chi connectivity index (χ0) is 17.9. The van der Waals surface area contributed by atoms with Crippen molar-refractivity contribution in [3.05, 3.63) is 35.4 Å². The Hall–Kier alpha value is -2.21. The molecule has 0 aliphatic heterocycles. The van der Waals surface area contributed by atoms with Crippen molar-refractivity contribution in [3.8, 4) is 0 Å². The highest BCUT2D eigenvalue weighted by molar-refractivity contribution is 5.98. The van der Waals surface area contributed by atoms with E-state index in [0.29, 0.717) is 5.56 Å². The molecule has 1 aromatic carbocycles. The first kappa shape index (κ1) is 19.8. The summed E-state index contributed by atoms with van der Waals surface area (Å²) in [7, 11) is 0. The average molecular weight is 335 g/mol. The molecule has 0 bridgehead atoms. The topological polar surface area (TPSA) is 83.9 Å². The summed E-state index contributed by atoms with van der Waals surface area (Å²) in [5, 5.41) is 9.06. The van der Waals surface area contributed by atoms with Crippen LogP contribution in [-0.2, 0) is 14.3 Å². The highest BCUT2D eigenvalue weighted by Gasteiger charge is 2.17. The second-order valence-corrected chi connectivity index (χ2v) is 5.45. The number of ether oxygens (including phenoxy) is 1. The highest BCUT2D eigenvalue weighted by Crippen LogP contribution is 2.09. The molecule has 6 heteroatoms. The van der Waals surface area contributed by atoms with Crippen molar-refractivity contribution in [1.29, 1.82) is 0 Å². The summed E-state index contributed by atoms with van der Waals surface area (Å²) in [6, 6.07) is 7.20. The van der Waals surface area contributed by atoms with E-state index in [4.69, 9.17) is 9.84 Å². The number of aliphatic hydroxyl groups is 1. The molecule has 1 aromatic rings. The zero-order valence-corrected chi connectivity index (χ0v) is 14.3. The molecule has 0 heterocycles. The molecule has 0 aliphatic carbocycles. The van der Waals surface area contributed by atoms with Gasteiger partial charge < -0.3 is 14.7 Å². The number of hydrogen-bond donors (Lipinski definition) is 1. The molecule has 132 valence electrons. The van der Waals surface area contributed by atoms with Crippen molar-refractivity contribution in [2.45, 2.75) is 33.1 Å². The van der Waals surface area contributed by atoms with Gasteiger partial charge in [-0.25, -0.2) is 0 Å². The van der Waals surface area contributed by atoms with Gasteiger partial charge in [0.25, 0.3) is 0 Å². The molecule has 0 spiro atoms. The third kappa shape index (κ3) is 6.91. The SMILES string of the molecule is CCOC(=O)CCN(CCO)C(=O)CCC(=O)c1ccc(C)cc1. The van der Waals surface area contributed by atoms with Crippen LogP contribution >= 0.6 is 0 Å². The molecule has 1 amide bonds. The monoisotopic (exact) mass is 335 g/mol. The van der Waals surface area contributed by atoms with Crippen molar-refractivity contribution in [3.63, 3.8) is 0 Å². The summed E-state index contributed by atoms with van der Waals surface area (Å²) < 4.78 is 4.82. The number of esters is 1. The number of Topliss-reactive ketones (excluding diaryl/α,β-unsaturated/α-hetero) is 1. The van der Waals surface area contributed by atoms with E-state index in [1.165, 1.54) is 4.90 Å². The summed E-state index contributed by atoms with van der Waals surface area (Å²) in [6.07, 6.45) is 0.226. The largest absolute Gasteiger partial charge is 0.466 e. The Balaban J connectivity index is 2.50. The Bertz CT molecular complexity index is 553. The number of amides is 1. The number of carbonyl (C=O) groups excluding carboxylic acids is 3. The van der Waals surface area contributed by atoms with Gasteiger partial charge in [-0.05, 0) is 13.8 Å². The molecule has 6 nitrogen and oxygen atoms in total. The Labute approximate surface area is 142 Å². The van der Waals surface area contributed by atoms with E-state index in [1.807, 2.05) is 19.1 Å². The lowest BCUT2D eigenvalue weighted by molar-refractivity contribution is -0.144. The van der Waals surface area contributed by atoms with Crippen molar-refractivity contribution in [1.82, 2.24) is 4.90 Å². The molecule has 1 N–H and O–H groups in total. The van der Waals surface area contributed by atoms with Crippen LogP contribution in [0.25, 0.3) is 0 Å². The quantitative estimate of drug-likeness (QED) is 0.520. The maximum atomic E-state index is 12.2. The Kier molecular flexibility index (Phi) is 8.71. The van der Waals surface area contributed by atoms with Gasteiger partial charge in [-0.1, -0.05) is 29.8 Å². The van der Waals surface area contributed by atoms with Gasteiger partial charge in [0.05, 0.1) is 19.6 Å². The smallest absolute Gasteiger partial charge is 0.307 e. The van der Waals surface area contributed by atoms with E-state index >= 15 is 0 Å². The fourth-order valence-electron chi connectivity index (χ4n) is 2.20. The first-order valence-corrected chi connectivity index (χ1v) is 8.12. The number of benzene rings is 1. The molecule has 0 aromatic heterocycles. The summed E-state index contributed by atoms with van der Waals surface area (Å²) in [6.45, 7) is 4.06. The predicted molar refractivity (Wildman–Crippen MR) is 89.7 cm³/mol. The summed E-state index contributed by atoms with van der Waals surface area (Å²) in [5.74, 6) is -0.740. The van der Waals surface area contributed by atoms with Crippen LogP contribution in [0.2, 0.25) is 0 Å². The molecular formula is C18H25NO5. The standard InChI is InChI=1S/C18H25NO5/c1-3-24-18(23)10-11-19(12-13-20)17(22)9-8-16(21)15-6-4-14(2)5-7-15/h4-7,20H,3,8-13H2,1-2H3. The maximum absolute atomic E-state index is 12.2. The summed E-state index contributed by atoms with van der Waals surface area (Å²) in [5.41, 5.74) is 1.64. The minimum Gasteiger partial charge on any atom is -0.466 e. The number of hydrogen-bond acceptors (Lipinski definition) is 5. The number of ketones is 1. The van der Waals surface area contributed by atoms with Gasteiger partial charge in [-0.2, -0.15) is 0 Å². The molecule has 0 unspecified atom stereocenters. The lowest BCUT2D eigenvalue weighted by Crippen LogP contribution is -2.35. The van der Waals surface area contributed by atoms with Crippen LogP contribution in [0.5, 0.6) is 0 Å². The Morgan fingerprint density at radius 1 is 1.04 bits per heavy atom. The van der Waals surface area contributed by atoms with Crippen LogP contribution in [0.1, 0.15) is 42.1 Å². The third-order valence-electron chi connectivity index (χ3n) is 3.55. The molecule has 0 atom stereocenters. The van der Waals surface area contributed by atoms with Crippen LogP contribution < -0.4 is 0 Å². The first-order chi connectivity index (χ1) is 11.5. The van der Waals surface area contributed by atoms with Gasteiger partial charge in [-0.15, -0.1) is 0 Å². The van der Waals surface area contributed by atoms with E-state index in [0.717, 1.165) is 5.56 Å². The van der Waals surface area contributed by atoms with Gasteiger partial charge in [-0.3, -0.25) is 14.4 Å². The van der Waals surface area contributed by atoms with E-state index in [2.05, 4.69) is 0 Å². The van der Waals surface area contributed by atoms with Gasteiger partial charge in [0.1, 0.15) is 0 Å². The van der Waals surface area contributed by atoms with E-state index in [9.17, 15) is 14.4 Å². The van der Waals surface area contributed by atoms with E-state index < -0.39 is 0 Å². The average Bonchev–Trinajstić information content (AvgIpc) is 2.57. The van der Waals surface area contributed by atoms with E-state index in [-0.39, 0.29) is 63.2 Å². The van der Waals surface area contributed by atoms with Gasteiger partial charge in [0, 0.05) is 31.5 Å². The molecular weight excluding hydrogens is 310 g/mol. The molecule has 0 aliphatic rings.